The lowest BCUT2D eigenvalue weighted by Gasteiger charge is -2.32. The number of carboxylic acid groups (broad SMARTS) is 1. The smallest absolute Gasteiger partial charge is 0.323 e. The van der Waals surface area contributed by atoms with Gasteiger partial charge in [-0.2, -0.15) is 0 Å². The first-order chi connectivity index (χ1) is 8.58. The molecule has 1 aromatic carbocycles. The highest BCUT2D eigenvalue weighted by atomic mass is 79.9. The second-order valence-corrected chi connectivity index (χ2v) is 5.00. The van der Waals surface area contributed by atoms with Crippen molar-refractivity contribution in [1.82, 2.24) is 4.90 Å². The van der Waals surface area contributed by atoms with Crippen LogP contribution in [0.1, 0.15) is 5.56 Å². The quantitative estimate of drug-likeness (QED) is 0.924. The Bertz CT molecular complexity index is 455. The van der Waals surface area contributed by atoms with Crippen molar-refractivity contribution >= 4 is 21.9 Å². The van der Waals surface area contributed by atoms with E-state index in [1.54, 1.807) is 12.1 Å². The molecule has 1 saturated heterocycles. The molecule has 1 N–H and O–H groups in total. The number of hydrogen-bond acceptors (Lipinski definition) is 3. The maximum atomic E-state index is 13.1. The molecule has 6 heteroatoms. The predicted molar refractivity (Wildman–Crippen MR) is 66.8 cm³/mol. The van der Waals surface area contributed by atoms with Gasteiger partial charge in [0.15, 0.2) is 0 Å². The lowest BCUT2D eigenvalue weighted by atomic mass is 10.1. The average Bonchev–Trinajstić information content (AvgIpc) is 2.34. The number of morpholine rings is 1. The molecule has 0 amide bonds. The summed E-state index contributed by atoms with van der Waals surface area (Å²) in [6.07, 6.45) is 0. The van der Waals surface area contributed by atoms with Crippen LogP contribution < -0.4 is 0 Å². The summed E-state index contributed by atoms with van der Waals surface area (Å²) >= 11 is 3.12. The molecule has 1 atom stereocenters. The van der Waals surface area contributed by atoms with Crippen molar-refractivity contribution in [2.24, 2.45) is 0 Å². The van der Waals surface area contributed by atoms with Crippen LogP contribution >= 0.6 is 15.9 Å². The van der Waals surface area contributed by atoms with Crippen molar-refractivity contribution in [3.05, 3.63) is 34.1 Å². The van der Waals surface area contributed by atoms with Gasteiger partial charge in [-0.15, -0.1) is 0 Å². The fraction of sp³-hybridized carbons (Fsp3) is 0.417. The molecule has 1 aromatic rings. The molecule has 98 valence electrons. The van der Waals surface area contributed by atoms with Gasteiger partial charge in [-0.05, 0) is 33.6 Å². The minimum absolute atomic E-state index is 0.192. The lowest BCUT2D eigenvalue weighted by Crippen LogP contribution is -2.49. The molecule has 4 nitrogen and oxygen atoms in total. The van der Waals surface area contributed by atoms with E-state index in [-0.39, 0.29) is 12.4 Å². The minimum atomic E-state index is -0.893. The molecule has 0 radical (unpaired) electrons. The van der Waals surface area contributed by atoms with Gasteiger partial charge in [0.1, 0.15) is 11.9 Å². The monoisotopic (exact) mass is 317 g/mol. The van der Waals surface area contributed by atoms with Gasteiger partial charge in [0.2, 0.25) is 0 Å². The van der Waals surface area contributed by atoms with Crippen molar-refractivity contribution in [3.8, 4) is 0 Å². The van der Waals surface area contributed by atoms with Gasteiger partial charge in [-0.25, -0.2) is 4.39 Å². The number of nitrogens with zero attached hydrogens (tertiary/aromatic N) is 1. The Morgan fingerprint density at radius 2 is 2.39 bits per heavy atom. The van der Waals surface area contributed by atoms with Crippen LogP contribution in [-0.2, 0) is 16.1 Å². The van der Waals surface area contributed by atoms with Crippen LogP contribution in [0, 0.1) is 5.82 Å². The minimum Gasteiger partial charge on any atom is -0.480 e. The van der Waals surface area contributed by atoms with Crippen LogP contribution in [0.2, 0.25) is 0 Å². The van der Waals surface area contributed by atoms with E-state index in [0.717, 1.165) is 5.56 Å². The van der Waals surface area contributed by atoms with Crippen molar-refractivity contribution in [3.63, 3.8) is 0 Å². The maximum absolute atomic E-state index is 13.1. The number of halogens is 2. The fourth-order valence-electron chi connectivity index (χ4n) is 1.93. The molecule has 0 saturated carbocycles. The molecule has 1 aliphatic rings. The molecule has 0 aliphatic carbocycles. The number of aliphatic carboxylic acids is 1. The van der Waals surface area contributed by atoms with E-state index in [4.69, 9.17) is 9.84 Å². The largest absolute Gasteiger partial charge is 0.480 e. The van der Waals surface area contributed by atoms with Crippen LogP contribution in [0.25, 0.3) is 0 Å². The normalized spacial score (nSPS) is 20.9. The Labute approximate surface area is 112 Å². The third kappa shape index (κ3) is 3.07. The van der Waals surface area contributed by atoms with Gasteiger partial charge in [-0.1, -0.05) is 6.07 Å². The summed E-state index contributed by atoms with van der Waals surface area (Å²) in [5.41, 5.74) is 0.872. The van der Waals surface area contributed by atoms with Gasteiger partial charge in [-0.3, -0.25) is 9.69 Å². The number of carboxylic acids is 1. The highest BCUT2D eigenvalue weighted by Crippen LogP contribution is 2.19. The van der Waals surface area contributed by atoms with Gasteiger partial charge >= 0.3 is 5.97 Å². The van der Waals surface area contributed by atoms with Gasteiger partial charge in [0, 0.05) is 13.1 Å². The van der Waals surface area contributed by atoms with E-state index in [9.17, 15) is 9.18 Å². The Balaban J connectivity index is 2.10. The van der Waals surface area contributed by atoms with Crippen molar-refractivity contribution < 1.29 is 19.0 Å². The molecule has 1 heterocycles. The average molecular weight is 318 g/mol. The number of hydrogen-bond donors (Lipinski definition) is 1. The number of carbonyl (C=O) groups is 1. The lowest BCUT2D eigenvalue weighted by molar-refractivity contribution is -0.150. The standard InChI is InChI=1S/C12H13BrFNO3/c13-9-5-8(1-2-10(9)14)6-15-3-4-18-7-11(15)12(16)17/h1-2,5,11H,3-4,6-7H2,(H,16,17). The van der Waals surface area contributed by atoms with E-state index in [0.29, 0.717) is 24.2 Å². The van der Waals surface area contributed by atoms with Gasteiger partial charge in [0.25, 0.3) is 0 Å². The number of benzene rings is 1. The summed E-state index contributed by atoms with van der Waals surface area (Å²) in [4.78, 5) is 12.9. The summed E-state index contributed by atoms with van der Waals surface area (Å²) in [6.45, 7) is 1.75. The van der Waals surface area contributed by atoms with E-state index < -0.39 is 12.0 Å². The first-order valence-corrected chi connectivity index (χ1v) is 6.36. The van der Waals surface area contributed by atoms with E-state index >= 15 is 0 Å². The summed E-state index contributed by atoms with van der Waals surface area (Å²) in [7, 11) is 0. The highest BCUT2D eigenvalue weighted by molar-refractivity contribution is 9.10. The van der Waals surface area contributed by atoms with Crippen molar-refractivity contribution in [1.29, 1.82) is 0 Å². The second-order valence-electron chi connectivity index (χ2n) is 4.15. The molecular weight excluding hydrogens is 305 g/mol. The van der Waals surface area contributed by atoms with Crippen LogP contribution in [0.4, 0.5) is 4.39 Å². The van der Waals surface area contributed by atoms with Gasteiger partial charge < -0.3 is 9.84 Å². The SMILES string of the molecule is O=C(O)C1COCCN1Cc1ccc(F)c(Br)c1. The second kappa shape index (κ2) is 5.77. The predicted octanol–water partition coefficient (Wildman–Crippen LogP) is 1.87. The first kappa shape index (κ1) is 13.5. The Kier molecular flexibility index (Phi) is 4.31. The molecule has 18 heavy (non-hydrogen) atoms. The zero-order valence-electron chi connectivity index (χ0n) is 9.60. The van der Waals surface area contributed by atoms with E-state index in [1.807, 2.05) is 4.90 Å². The Morgan fingerprint density at radius 3 is 3.06 bits per heavy atom. The summed E-state index contributed by atoms with van der Waals surface area (Å²) in [6, 6.07) is 4.07. The molecule has 2 rings (SSSR count). The summed E-state index contributed by atoms with van der Waals surface area (Å²) in [5, 5.41) is 9.09. The zero-order chi connectivity index (χ0) is 13.1. The molecule has 1 unspecified atom stereocenters. The highest BCUT2D eigenvalue weighted by Gasteiger charge is 2.29. The van der Waals surface area contributed by atoms with Crippen LogP contribution in [-0.4, -0.2) is 41.8 Å². The first-order valence-electron chi connectivity index (χ1n) is 5.56. The summed E-state index contributed by atoms with van der Waals surface area (Å²) < 4.78 is 18.7. The number of rotatable bonds is 3. The molecule has 0 spiro atoms. The Hall–Kier alpha value is -0.980. The van der Waals surface area contributed by atoms with E-state index in [2.05, 4.69) is 15.9 Å². The molecule has 1 aliphatic heterocycles. The van der Waals surface area contributed by atoms with Crippen LogP contribution in [0.15, 0.2) is 22.7 Å². The Morgan fingerprint density at radius 1 is 1.61 bits per heavy atom. The molecule has 0 bridgehead atoms. The third-order valence-electron chi connectivity index (χ3n) is 2.89. The molecule has 0 aromatic heterocycles. The molecular formula is C12H13BrFNO3. The van der Waals surface area contributed by atoms with Gasteiger partial charge in [0.05, 0.1) is 17.7 Å². The number of ether oxygens (including phenoxy) is 1. The zero-order valence-corrected chi connectivity index (χ0v) is 11.2. The van der Waals surface area contributed by atoms with Crippen molar-refractivity contribution in [2.45, 2.75) is 12.6 Å². The van der Waals surface area contributed by atoms with E-state index in [1.165, 1.54) is 6.07 Å². The van der Waals surface area contributed by atoms with Crippen LogP contribution in [0.3, 0.4) is 0 Å². The van der Waals surface area contributed by atoms with Crippen molar-refractivity contribution in [2.75, 3.05) is 19.8 Å². The fourth-order valence-corrected chi connectivity index (χ4v) is 2.35. The third-order valence-corrected chi connectivity index (χ3v) is 3.50. The topological polar surface area (TPSA) is 49.8 Å². The van der Waals surface area contributed by atoms with Crippen LogP contribution in [0.5, 0.6) is 0 Å². The maximum Gasteiger partial charge on any atom is 0.323 e. The molecule has 1 fully saturated rings. The summed E-state index contributed by atoms with van der Waals surface area (Å²) in [5.74, 6) is -1.22.